The Morgan fingerprint density at radius 2 is 1.96 bits per heavy atom. The van der Waals surface area contributed by atoms with E-state index in [2.05, 4.69) is 10.2 Å². The van der Waals surface area contributed by atoms with Crippen molar-refractivity contribution < 1.29 is 23.1 Å². The first-order valence-corrected chi connectivity index (χ1v) is 9.39. The lowest BCUT2D eigenvalue weighted by Crippen LogP contribution is -2.58. The summed E-state index contributed by atoms with van der Waals surface area (Å²) in [5, 5.41) is 13.1. The summed E-state index contributed by atoms with van der Waals surface area (Å²) in [6, 6.07) is 4.80. The van der Waals surface area contributed by atoms with Gasteiger partial charge in [0.05, 0.1) is 24.1 Å². The molecule has 2 saturated heterocycles. The van der Waals surface area contributed by atoms with Crippen LogP contribution in [0.25, 0.3) is 0 Å². The summed E-state index contributed by atoms with van der Waals surface area (Å²) in [5.74, 6) is -0.0705. The second-order valence-corrected chi connectivity index (χ2v) is 7.37. The molecule has 1 aromatic carbocycles. The molecule has 5 nitrogen and oxygen atoms in total. The van der Waals surface area contributed by atoms with Gasteiger partial charge in [-0.2, -0.15) is 13.2 Å². The van der Waals surface area contributed by atoms with Crippen LogP contribution in [0.5, 0.6) is 0 Å². The number of likely N-dealkylation sites (tertiary alicyclic amines) is 1. The number of piperidine rings is 1. The lowest BCUT2D eigenvalue weighted by atomic mass is 10.0. The molecule has 0 spiro atoms. The predicted octanol–water partition coefficient (Wildman–Crippen LogP) is 1.50. The zero-order valence-corrected chi connectivity index (χ0v) is 15.2. The Bertz CT molecular complexity index is 636. The highest BCUT2D eigenvalue weighted by molar-refractivity contribution is 5.79. The average molecular weight is 385 g/mol. The number of hydrogen-bond donors (Lipinski definition) is 2. The number of nitrogens with zero attached hydrogens (tertiary/aromatic N) is 2. The first-order valence-electron chi connectivity index (χ1n) is 9.39. The predicted molar refractivity (Wildman–Crippen MR) is 95.2 cm³/mol. The van der Waals surface area contributed by atoms with E-state index in [1.54, 1.807) is 0 Å². The fourth-order valence-electron chi connectivity index (χ4n) is 3.84. The fraction of sp³-hybridized carbons (Fsp3) is 0.632. The Morgan fingerprint density at radius 1 is 1.22 bits per heavy atom. The molecule has 2 heterocycles. The molecule has 2 fully saturated rings. The number of hydrogen-bond acceptors (Lipinski definition) is 4. The molecule has 0 bridgehead atoms. The minimum Gasteiger partial charge on any atom is -0.392 e. The van der Waals surface area contributed by atoms with Crippen molar-refractivity contribution in [1.82, 2.24) is 15.1 Å². The van der Waals surface area contributed by atoms with Crippen LogP contribution in [-0.2, 0) is 17.4 Å². The zero-order valence-electron chi connectivity index (χ0n) is 15.2. The Kier molecular flexibility index (Phi) is 6.39. The number of benzene rings is 1. The van der Waals surface area contributed by atoms with Crippen LogP contribution < -0.4 is 5.32 Å². The normalized spacial score (nSPS) is 24.8. The number of β-amino-alcohol motifs (C(OH)–C–C–N with tert-alkyl or cyclic N) is 1. The van der Waals surface area contributed by atoms with E-state index >= 15 is 0 Å². The molecule has 2 aliphatic heterocycles. The van der Waals surface area contributed by atoms with E-state index in [1.807, 2.05) is 4.90 Å². The van der Waals surface area contributed by atoms with Crippen LogP contribution >= 0.6 is 0 Å². The monoisotopic (exact) mass is 385 g/mol. The third-order valence-electron chi connectivity index (χ3n) is 5.26. The molecule has 2 atom stereocenters. The summed E-state index contributed by atoms with van der Waals surface area (Å²) >= 11 is 0. The van der Waals surface area contributed by atoms with Gasteiger partial charge in [0.2, 0.25) is 5.91 Å². The molecule has 0 aromatic heterocycles. The SMILES string of the molecule is O=C(Cc1ccc(C(F)(F)F)cc1)N1CCNC[C@H]1CN1CCCC(O)C1. The number of alkyl halides is 3. The number of aliphatic hydroxyl groups is 1. The molecule has 0 radical (unpaired) electrons. The maximum atomic E-state index is 12.8. The molecular weight excluding hydrogens is 359 g/mol. The third kappa shape index (κ3) is 5.43. The highest BCUT2D eigenvalue weighted by atomic mass is 19.4. The number of amides is 1. The molecule has 2 aliphatic rings. The van der Waals surface area contributed by atoms with Gasteiger partial charge in [0.15, 0.2) is 0 Å². The highest BCUT2D eigenvalue weighted by Crippen LogP contribution is 2.29. The van der Waals surface area contributed by atoms with Crippen molar-refractivity contribution in [2.45, 2.75) is 37.6 Å². The van der Waals surface area contributed by atoms with Gasteiger partial charge in [-0.3, -0.25) is 9.69 Å². The van der Waals surface area contributed by atoms with Crippen molar-refractivity contribution in [1.29, 1.82) is 0 Å². The first-order chi connectivity index (χ1) is 12.8. The van der Waals surface area contributed by atoms with Gasteiger partial charge in [-0.1, -0.05) is 12.1 Å². The molecule has 2 N–H and O–H groups in total. The molecule has 0 aliphatic carbocycles. The molecule has 150 valence electrons. The van der Waals surface area contributed by atoms with Gasteiger partial charge in [0, 0.05) is 32.7 Å². The van der Waals surface area contributed by atoms with Crippen molar-refractivity contribution in [2.24, 2.45) is 0 Å². The minimum atomic E-state index is -4.37. The van der Waals surface area contributed by atoms with Crippen molar-refractivity contribution in [3.63, 3.8) is 0 Å². The molecule has 1 amide bonds. The van der Waals surface area contributed by atoms with Gasteiger partial charge in [-0.25, -0.2) is 0 Å². The maximum absolute atomic E-state index is 12.8. The molecular formula is C19H26F3N3O2. The van der Waals surface area contributed by atoms with Crippen molar-refractivity contribution in [3.8, 4) is 0 Å². The first kappa shape index (κ1) is 20.1. The van der Waals surface area contributed by atoms with Crippen molar-refractivity contribution >= 4 is 5.91 Å². The maximum Gasteiger partial charge on any atom is 0.416 e. The fourth-order valence-corrected chi connectivity index (χ4v) is 3.84. The van der Waals surface area contributed by atoms with E-state index in [0.717, 1.165) is 31.5 Å². The topological polar surface area (TPSA) is 55.8 Å². The summed E-state index contributed by atoms with van der Waals surface area (Å²) < 4.78 is 38.0. The Hall–Kier alpha value is -1.64. The molecule has 27 heavy (non-hydrogen) atoms. The summed E-state index contributed by atoms with van der Waals surface area (Å²) in [7, 11) is 0. The Morgan fingerprint density at radius 3 is 2.63 bits per heavy atom. The number of piperazine rings is 1. The van der Waals surface area contributed by atoms with E-state index in [0.29, 0.717) is 38.3 Å². The number of carbonyl (C=O) groups is 1. The van der Waals surface area contributed by atoms with Crippen LogP contribution in [0.3, 0.4) is 0 Å². The van der Waals surface area contributed by atoms with E-state index in [1.165, 1.54) is 12.1 Å². The van der Waals surface area contributed by atoms with Crippen LogP contribution in [0.2, 0.25) is 0 Å². The van der Waals surface area contributed by atoms with Gasteiger partial charge in [-0.15, -0.1) is 0 Å². The largest absolute Gasteiger partial charge is 0.416 e. The molecule has 3 rings (SSSR count). The van der Waals surface area contributed by atoms with Gasteiger partial charge >= 0.3 is 6.18 Å². The van der Waals surface area contributed by atoms with Crippen LogP contribution in [0.1, 0.15) is 24.0 Å². The number of halogens is 3. The van der Waals surface area contributed by atoms with Gasteiger partial charge < -0.3 is 15.3 Å². The minimum absolute atomic E-state index is 0.00555. The van der Waals surface area contributed by atoms with Crippen LogP contribution in [0.4, 0.5) is 13.2 Å². The second-order valence-electron chi connectivity index (χ2n) is 7.37. The quantitative estimate of drug-likeness (QED) is 0.825. The second kappa shape index (κ2) is 8.58. The zero-order chi connectivity index (χ0) is 19.4. The summed E-state index contributed by atoms with van der Waals surface area (Å²) in [4.78, 5) is 16.8. The van der Waals surface area contributed by atoms with Crippen molar-refractivity contribution in [3.05, 3.63) is 35.4 Å². The lowest BCUT2D eigenvalue weighted by molar-refractivity contribution is -0.137. The standard InChI is InChI=1S/C19H26F3N3O2/c20-19(21,22)15-5-3-14(4-6-15)10-18(27)25-9-7-23-11-16(25)12-24-8-1-2-17(26)13-24/h3-6,16-17,23,26H,1-2,7-13H2/t16-,17?/m0/s1. The van der Waals surface area contributed by atoms with Gasteiger partial charge in [0.25, 0.3) is 0 Å². The number of rotatable bonds is 4. The Labute approximate surface area is 157 Å². The van der Waals surface area contributed by atoms with Crippen LogP contribution in [-0.4, -0.2) is 72.2 Å². The van der Waals surface area contributed by atoms with Crippen LogP contribution in [0, 0.1) is 0 Å². The molecule has 0 saturated carbocycles. The van der Waals surface area contributed by atoms with E-state index < -0.39 is 11.7 Å². The molecule has 1 unspecified atom stereocenters. The van der Waals surface area contributed by atoms with Crippen molar-refractivity contribution in [2.75, 3.05) is 39.3 Å². The smallest absolute Gasteiger partial charge is 0.392 e. The average Bonchev–Trinajstić information content (AvgIpc) is 2.62. The number of nitrogens with one attached hydrogen (secondary N) is 1. The molecule has 8 heteroatoms. The van der Waals surface area contributed by atoms with Gasteiger partial charge in [-0.05, 0) is 37.1 Å². The van der Waals surface area contributed by atoms with Crippen LogP contribution in [0.15, 0.2) is 24.3 Å². The third-order valence-corrected chi connectivity index (χ3v) is 5.26. The number of carbonyl (C=O) groups excluding carboxylic acids is 1. The van der Waals surface area contributed by atoms with E-state index in [-0.39, 0.29) is 24.5 Å². The summed E-state index contributed by atoms with van der Waals surface area (Å²) in [6.07, 6.45) is -2.83. The summed E-state index contributed by atoms with van der Waals surface area (Å²) in [6.45, 7) is 4.21. The van der Waals surface area contributed by atoms with E-state index in [9.17, 15) is 23.1 Å². The highest BCUT2D eigenvalue weighted by Gasteiger charge is 2.31. The molecule has 1 aromatic rings. The number of aliphatic hydroxyl groups excluding tert-OH is 1. The Balaban J connectivity index is 1.61. The lowest BCUT2D eigenvalue weighted by Gasteiger charge is -2.40. The van der Waals surface area contributed by atoms with Gasteiger partial charge in [0.1, 0.15) is 0 Å². The van der Waals surface area contributed by atoms with E-state index in [4.69, 9.17) is 0 Å². The summed E-state index contributed by atoms with van der Waals surface area (Å²) in [5.41, 5.74) is -0.124.